The van der Waals surface area contributed by atoms with Crippen LogP contribution in [0.25, 0.3) is 0 Å². The summed E-state index contributed by atoms with van der Waals surface area (Å²) in [5.41, 5.74) is -0.226. The number of carbonyl (C=O) groups excluding carboxylic acids is 1. The molecule has 2 atom stereocenters. The smallest absolute Gasteiger partial charge is 0.325 e. The van der Waals surface area contributed by atoms with Gasteiger partial charge in [-0.2, -0.15) is 0 Å². The van der Waals surface area contributed by atoms with E-state index < -0.39 is 18.1 Å². The first-order chi connectivity index (χ1) is 5.78. The van der Waals surface area contributed by atoms with Gasteiger partial charge in [0.15, 0.2) is 0 Å². The quantitative estimate of drug-likeness (QED) is 0.627. The van der Waals surface area contributed by atoms with Crippen molar-refractivity contribution in [2.75, 3.05) is 7.11 Å². The van der Waals surface area contributed by atoms with Crippen molar-refractivity contribution in [1.29, 1.82) is 0 Å². The molecule has 0 amide bonds. The fourth-order valence-corrected chi connectivity index (χ4v) is 0.970. The fraction of sp³-hybridized carbons (Fsp3) is 0.889. The highest BCUT2D eigenvalue weighted by molar-refractivity contribution is 5.76. The van der Waals surface area contributed by atoms with E-state index in [0.29, 0.717) is 0 Å². The lowest BCUT2D eigenvalue weighted by Gasteiger charge is -2.28. The van der Waals surface area contributed by atoms with Gasteiger partial charge in [0, 0.05) is 5.54 Å². The summed E-state index contributed by atoms with van der Waals surface area (Å²) in [5.74, 6) is -0.440. The zero-order chi connectivity index (χ0) is 10.6. The number of hydrogen-bond acceptors (Lipinski definition) is 4. The molecule has 0 saturated heterocycles. The number of nitrogens with one attached hydrogen (secondary N) is 1. The van der Waals surface area contributed by atoms with E-state index >= 15 is 0 Å². The highest BCUT2D eigenvalue weighted by atomic mass is 16.5. The highest BCUT2D eigenvalue weighted by Crippen LogP contribution is 2.05. The van der Waals surface area contributed by atoms with E-state index in [1.807, 2.05) is 20.8 Å². The van der Waals surface area contributed by atoms with Gasteiger partial charge in [-0.05, 0) is 27.7 Å². The van der Waals surface area contributed by atoms with Crippen LogP contribution in [-0.4, -0.2) is 35.9 Å². The number of esters is 1. The van der Waals surface area contributed by atoms with Gasteiger partial charge in [-0.3, -0.25) is 10.1 Å². The Morgan fingerprint density at radius 2 is 1.92 bits per heavy atom. The lowest BCUT2D eigenvalue weighted by atomic mass is 10.0. The van der Waals surface area contributed by atoms with E-state index in [0.717, 1.165) is 0 Å². The van der Waals surface area contributed by atoms with E-state index in [1.54, 1.807) is 6.92 Å². The van der Waals surface area contributed by atoms with Crippen LogP contribution in [0.2, 0.25) is 0 Å². The Kier molecular flexibility index (Phi) is 4.36. The van der Waals surface area contributed by atoms with E-state index in [9.17, 15) is 9.90 Å². The van der Waals surface area contributed by atoms with E-state index in [2.05, 4.69) is 10.1 Å². The topological polar surface area (TPSA) is 58.6 Å². The molecule has 0 spiro atoms. The summed E-state index contributed by atoms with van der Waals surface area (Å²) < 4.78 is 4.56. The molecule has 0 aromatic rings. The predicted molar refractivity (Wildman–Crippen MR) is 50.4 cm³/mol. The summed E-state index contributed by atoms with van der Waals surface area (Å²) in [6.07, 6.45) is -0.758. The summed E-state index contributed by atoms with van der Waals surface area (Å²) >= 11 is 0. The number of hydrogen-bond donors (Lipinski definition) is 2. The molecule has 0 aliphatic rings. The second-order valence-corrected chi connectivity index (χ2v) is 4.14. The van der Waals surface area contributed by atoms with Gasteiger partial charge in [-0.1, -0.05) is 0 Å². The Labute approximate surface area is 79.3 Å². The maximum absolute atomic E-state index is 11.2. The van der Waals surface area contributed by atoms with Gasteiger partial charge in [0.05, 0.1) is 13.2 Å². The van der Waals surface area contributed by atoms with Crippen molar-refractivity contribution in [3.05, 3.63) is 0 Å². The van der Waals surface area contributed by atoms with Gasteiger partial charge in [-0.15, -0.1) is 0 Å². The van der Waals surface area contributed by atoms with Crippen LogP contribution in [0.4, 0.5) is 0 Å². The molecular formula is C9H19NO3. The fourth-order valence-electron chi connectivity index (χ4n) is 0.970. The van der Waals surface area contributed by atoms with Crippen LogP contribution >= 0.6 is 0 Å². The Bertz CT molecular complexity index is 172. The molecule has 4 nitrogen and oxygen atoms in total. The minimum atomic E-state index is -0.758. The van der Waals surface area contributed by atoms with Gasteiger partial charge >= 0.3 is 5.97 Å². The molecular weight excluding hydrogens is 170 g/mol. The molecule has 0 radical (unpaired) electrons. The number of aliphatic hydroxyl groups excluding tert-OH is 1. The molecule has 4 heteroatoms. The third kappa shape index (κ3) is 4.85. The van der Waals surface area contributed by atoms with Crippen molar-refractivity contribution in [2.24, 2.45) is 0 Å². The average Bonchev–Trinajstić information content (AvgIpc) is 1.96. The van der Waals surface area contributed by atoms with Gasteiger partial charge < -0.3 is 9.84 Å². The molecule has 0 unspecified atom stereocenters. The Balaban J connectivity index is 4.36. The molecule has 13 heavy (non-hydrogen) atoms. The van der Waals surface area contributed by atoms with E-state index in [4.69, 9.17) is 0 Å². The molecule has 2 N–H and O–H groups in total. The third-order valence-corrected chi connectivity index (χ3v) is 1.53. The highest BCUT2D eigenvalue weighted by Gasteiger charge is 2.28. The molecule has 0 aromatic carbocycles. The number of ether oxygens (including phenoxy) is 1. The molecule has 0 fully saturated rings. The van der Waals surface area contributed by atoms with Crippen LogP contribution in [0.15, 0.2) is 0 Å². The third-order valence-electron chi connectivity index (χ3n) is 1.53. The number of aliphatic hydroxyl groups is 1. The summed E-state index contributed by atoms with van der Waals surface area (Å²) in [7, 11) is 1.31. The molecule has 0 bridgehead atoms. The van der Waals surface area contributed by atoms with Gasteiger partial charge in [0.2, 0.25) is 0 Å². The molecule has 0 rings (SSSR count). The number of methoxy groups -OCH3 is 1. The van der Waals surface area contributed by atoms with Crippen LogP contribution < -0.4 is 5.32 Å². The van der Waals surface area contributed by atoms with Crippen molar-refractivity contribution >= 4 is 5.97 Å². The molecule has 0 heterocycles. The van der Waals surface area contributed by atoms with Crippen molar-refractivity contribution < 1.29 is 14.6 Å². The van der Waals surface area contributed by atoms with E-state index in [-0.39, 0.29) is 5.54 Å². The first-order valence-corrected chi connectivity index (χ1v) is 4.31. The monoisotopic (exact) mass is 189 g/mol. The number of rotatable bonds is 3. The van der Waals surface area contributed by atoms with Crippen LogP contribution in [-0.2, 0) is 9.53 Å². The summed E-state index contributed by atoms with van der Waals surface area (Å²) in [6, 6.07) is -0.662. The Hall–Kier alpha value is -0.610. The van der Waals surface area contributed by atoms with Gasteiger partial charge in [0.25, 0.3) is 0 Å². The molecule has 0 aliphatic heterocycles. The minimum absolute atomic E-state index is 0.226. The van der Waals surface area contributed by atoms with Crippen molar-refractivity contribution in [2.45, 2.75) is 45.4 Å². The first-order valence-electron chi connectivity index (χ1n) is 4.31. The van der Waals surface area contributed by atoms with E-state index in [1.165, 1.54) is 7.11 Å². The van der Waals surface area contributed by atoms with Crippen LogP contribution in [0.3, 0.4) is 0 Å². The zero-order valence-corrected chi connectivity index (χ0v) is 8.92. The maximum Gasteiger partial charge on any atom is 0.325 e. The van der Waals surface area contributed by atoms with Crippen LogP contribution in [0, 0.1) is 0 Å². The zero-order valence-electron chi connectivity index (χ0n) is 8.92. The first kappa shape index (κ1) is 12.4. The molecule has 0 saturated carbocycles. The standard InChI is InChI=1S/C9H19NO3/c1-6(11)7(8(12)13-5)10-9(2,3)4/h6-7,10-11H,1-5H3/t6-,7+/m1/s1. The predicted octanol–water partition coefficient (Wildman–Crippen LogP) is 0.297. The van der Waals surface area contributed by atoms with Crippen molar-refractivity contribution in [3.63, 3.8) is 0 Å². The maximum atomic E-state index is 11.2. The minimum Gasteiger partial charge on any atom is -0.468 e. The second-order valence-electron chi connectivity index (χ2n) is 4.14. The second kappa shape index (κ2) is 4.58. The lowest BCUT2D eigenvalue weighted by molar-refractivity contribution is -0.146. The largest absolute Gasteiger partial charge is 0.468 e. The normalized spacial score (nSPS) is 16.5. The van der Waals surface area contributed by atoms with Crippen LogP contribution in [0.5, 0.6) is 0 Å². The van der Waals surface area contributed by atoms with Gasteiger partial charge in [0.1, 0.15) is 6.04 Å². The van der Waals surface area contributed by atoms with Crippen molar-refractivity contribution in [1.82, 2.24) is 5.32 Å². The molecule has 0 aliphatic carbocycles. The Morgan fingerprint density at radius 1 is 1.46 bits per heavy atom. The molecule has 0 aromatic heterocycles. The summed E-state index contributed by atoms with van der Waals surface area (Å²) in [6.45, 7) is 7.32. The average molecular weight is 189 g/mol. The van der Waals surface area contributed by atoms with Gasteiger partial charge in [-0.25, -0.2) is 0 Å². The Morgan fingerprint density at radius 3 is 2.15 bits per heavy atom. The number of carbonyl (C=O) groups is 1. The molecule has 78 valence electrons. The van der Waals surface area contributed by atoms with Crippen molar-refractivity contribution in [3.8, 4) is 0 Å². The van der Waals surface area contributed by atoms with Crippen LogP contribution in [0.1, 0.15) is 27.7 Å². The SMILES string of the molecule is COC(=O)[C@@H](NC(C)(C)C)[C@@H](C)O. The summed E-state index contributed by atoms with van der Waals surface area (Å²) in [4.78, 5) is 11.2. The lowest BCUT2D eigenvalue weighted by Crippen LogP contribution is -2.53. The summed E-state index contributed by atoms with van der Waals surface area (Å²) in [5, 5.41) is 12.3.